The zero-order valence-electron chi connectivity index (χ0n) is 15.1. The number of aryl methyl sites for hydroxylation is 1. The second kappa shape index (κ2) is 7.92. The number of thiazole rings is 1. The Kier molecular flexibility index (Phi) is 5.63. The summed E-state index contributed by atoms with van der Waals surface area (Å²) in [6.07, 6.45) is 4.60. The van der Waals surface area contributed by atoms with E-state index in [1.807, 2.05) is 54.2 Å². The molecular weight excluding hydrogens is 368 g/mol. The summed E-state index contributed by atoms with van der Waals surface area (Å²) in [7, 11) is 5.41. The Morgan fingerprint density at radius 3 is 2.96 bits per heavy atom. The molecule has 26 heavy (non-hydrogen) atoms. The van der Waals surface area contributed by atoms with Crippen molar-refractivity contribution in [3.8, 4) is 5.75 Å². The van der Waals surface area contributed by atoms with Crippen molar-refractivity contribution in [3.63, 3.8) is 0 Å². The van der Waals surface area contributed by atoms with Crippen molar-refractivity contribution < 1.29 is 9.53 Å². The van der Waals surface area contributed by atoms with Crippen molar-refractivity contribution in [3.05, 3.63) is 41.1 Å². The number of carbonyl (C=O) groups excluding carboxylic acids is 1. The number of methoxy groups -OCH3 is 1. The van der Waals surface area contributed by atoms with Crippen molar-refractivity contribution in [1.82, 2.24) is 14.6 Å². The van der Waals surface area contributed by atoms with Crippen LogP contribution in [0, 0.1) is 0 Å². The monoisotopic (exact) mass is 388 g/mol. The molecule has 0 spiro atoms. The van der Waals surface area contributed by atoms with E-state index in [9.17, 15) is 4.79 Å². The van der Waals surface area contributed by atoms with Gasteiger partial charge in [-0.05, 0) is 24.0 Å². The first-order chi connectivity index (χ1) is 12.6. The zero-order chi connectivity index (χ0) is 18.7. The van der Waals surface area contributed by atoms with Gasteiger partial charge in [0, 0.05) is 19.7 Å². The third-order valence-corrected chi connectivity index (χ3v) is 6.07. The molecule has 3 rings (SSSR count). The molecule has 0 saturated carbocycles. The molecule has 0 unspecified atom stereocenters. The average Bonchev–Trinajstić information content (AvgIpc) is 3.18. The lowest BCUT2D eigenvalue weighted by atomic mass is 10.2. The number of hydrogen-bond donors (Lipinski definition) is 0. The van der Waals surface area contributed by atoms with Gasteiger partial charge >= 0.3 is 0 Å². The number of aldehydes is 1. The Labute approximate surface area is 160 Å². The molecule has 0 N–H and O–H groups in total. The zero-order valence-corrected chi connectivity index (χ0v) is 16.7. The molecule has 0 radical (unpaired) electrons. The second-order valence-corrected chi connectivity index (χ2v) is 7.78. The van der Waals surface area contributed by atoms with E-state index < -0.39 is 0 Å². The van der Waals surface area contributed by atoms with Crippen LogP contribution in [0.1, 0.15) is 21.6 Å². The van der Waals surface area contributed by atoms with E-state index in [0.29, 0.717) is 12.2 Å². The van der Waals surface area contributed by atoms with Gasteiger partial charge in [0.1, 0.15) is 5.75 Å². The number of hydrazone groups is 1. The molecule has 0 saturated heterocycles. The van der Waals surface area contributed by atoms with Gasteiger partial charge in [-0.15, -0.1) is 11.3 Å². The Balaban J connectivity index is 1.87. The number of fused-ring (bicyclic) bond motifs is 1. The highest BCUT2D eigenvalue weighted by Gasteiger charge is 2.18. The first kappa shape index (κ1) is 18.5. The maximum absolute atomic E-state index is 11.5. The fraction of sp³-hybridized carbons (Fsp3) is 0.278. The molecule has 2 heterocycles. The quantitative estimate of drug-likeness (QED) is 0.268. The van der Waals surface area contributed by atoms with Gasteiger partial charge in [-0.1, -0.05) is 23.9 Å². The Morgan fingerprint density at radius 2 is 2.27 bits per heavy atom. The van der Waals surface area contributed by atoms with Crippen molar-refractivity contribution in [2.24, 2.45) is 12.1 Å². The lowest BCUT2D eigenvalue weighted by Gasteiger charge is -2.13. The summed E-state index contributed by atoms with van der Waals surface area (Å²) in [5.41, 5.74) is 3.32. The minimum Gasteiger partial charge on any atom is -0.497 e. The summed E-state index contributed by atoms with van der Waals surface area (Å²) in [6.45, 7) is 0.638. The number of aromatic nitrogens is 2. The van der Waals surface area contributed by atoms with E-state index in [-0.39, 0.29) is 0 Å². The van der Waals surface area contributed by atoms with Crippen LogP contribution in [-0.4, -0.2) is 47.5 Å². The predicted octanol–water partition coefficient (Wildman–Crippen LogP) is 3.64. The van der Waals surface area contributed by atoms with Gasteiger partial charge in [0.15, 0.2) is 16.3 Å². The summed E-state index contributed by atoms with van der Waals surface area (Å²) in [6, 6.07) is 7.88. The number of thioether (sulfide) groups is 1. The largest absolute Gasteiger partial charge is 0.497 e. The van der Waals surface area contributed by atoms with Gasteiger partial charge in [0.2, 0.25) is 0 Å². The lowest BCUT2D eigenvalue weighted by molar-refractivity contribution is 0.111. The summed E-state index contributed by atoms with van der Waals surface area (Å²) < 4.78 is 9.03. The van der Waals surface area contributed by atoms with Crippen molar-refractivity contribution >= 4 is 45.9 Å². The first-order valence-corrected chi connectivity index (χ1v) is 9.98. The van der Waals surface area contributed by atoms with E-state index in [1.165, 1.54) is 0 Å². The van der Waals surface area contributed by atoms with Crippen LogP contribution < -0.4 is 4.74 Å². The van der Waals surface area contributed by atoms with E-state index in [4.69, 9.17) is 4.74 Å². The predicted molar refractivity (Wildman–Crippen MR) is 108 cm³/mol. The molecule has 0 atom stereocenters. The second-order valence-electron chi connectivity index (χ2n) is 5.72. The van der Waals surface area contributed by atoms with Gasteiger partial charge < -0.3 is 9.30 Å². The number of carbonyl (C=O) groups is 1. The molecule has 0 amide bonds. The van der Waals surface area contributed by atoms with E-state index >= 15 is 0 Å². The standard InChI is InChI=1S/C18H20N4O2S2/c1-21(10-12-6-5-7-13(8-12)24-3)19-9-14-15(11-23)22(2)17-16(14)26-18(20-17)25-4/h5-9,11H,10H2,1-4H3/b19-9-. The molecule has 2 aromatic heterocycles. The molecule has 0 aliphatic rings. The Hall–Kier alpha value is -2.32. The van der Waals surface area contributed by atoms with Crippen LogP contribution in [0.3, 0.4) is 0 Å². The van der Waals surface area contributed by atoms with Crippen LogP contribution in [0.15, 0.2) is 33.7 Å². The third-order valence-electron chi connectivity index (χ3n) is 4.01. The summed E-state index contributed by atoms with van der Waals surface area (Å²) in [5.74, 6) is 0.821. The minimum absolute atomic E-state index is 0.588. The topological polar surface area (TPSA) is 59.7 Å². The van der Waals surface area contributed by atoms with E-state index in [0.717, 1.165) is 37.8 Å². The summed E-state index contributed by atoms with van der Waals surface area (Å²) >= 11 is 3.18. The van der Waals surface area contributed by atoms with Crippen LogP contribution in [0.4, 0.5) is 0 Å². The number of ether oxygens (including phenoxy) is 1. The number of hydrogen-bond acceptors (Lipinski definition) is 7. The maximum atomic E-state index is 11.5. The van der Waals surface area contributed by atoms with Crippen LogP contribution in [0.5, 0.6) is 5.75 Å². The molecule has 0 bridgehead atoms. The maximum Gasteiger partial charge on any atom is 0.167 e. The molecule has 1 aromatic carbocycles. The van der Waals surface area contributed by atoms with Gasteiger partial charge in [-0.3, -0.25) is 9.80 Å². The Morgan fingerprint density at radius 1 is 1.46 bits per heavy atom. The van der Waals surface area contributed by atoms with Gasteiger partial charge in [-0.25, -0.2) is 4.98 Å². The minimum atomic E-state index is 0.588. The molecule has 8 heteroatoms. The molecular formula is C18H20N4O2S2. The Bertz CT molecular complexity index is 962. The number of benzene rings is 1. The highest BCUT2D eigenvalue weighted by molar-refractivity contribution is 8.00. The average molecular weight is 389 g/mol. The highest BCUT2D eigenvalue weighted by Crippen LogP contribution is 2.33. The van der Waals surface area contributed by atoms with E-state index in [1.54, 1.807) is 36.4 Å². The molecule has 0 aliphatic heterocycles. The summed E-state index contributed by atoms with van der Waals surface area (Å²) in [4.78, 5) is 16.1. The van der Waals surface area contributed by atoms with Crippen LogP contribution in [0.2, 0.25) is 0 Å². The van der Waals surface area contributed by atoms with Crippen LogP contribution >= 0.6 is 23.1 Å². The van der Waals surface area contributed by atoms with Gasteiger partial charge in [0.25, 0.3) is 0 Å². The molecule has 6 nitrogen and oxygen atoms in total. The molecule has 0 fully saturated rings. The SMILES string of the molecule is COc1cccc(CN(C)/N=C\c2c(C=O)n(C)c3nc(SC)sc23)c1. The van der Waals surface area contributed by atoms with Crippen LogP contribution in [0.25, 0.3) is 10.3 Å². The van der Waals surface area contributed by atoms with Crippen molar-refractivity contribution in [2.75, 3.05) is 20.4 Å². The number of rotatable bonds is 7. The molecule has 3 aromatic rings. The smallest absolute Gasteiger partial charge is 0.167 e. The van der Waals surface area contributed by atoms with Crippen molar-refractivity contribution in [1.29, 1.82) is 0 Å². The molecule has 0 aliphatic carbocycles. The van der Waals surface area contributed by atoms with E-state index in [2.05, 4.69) is 10.1 Å². The first-order valence-electron chi connectivity index (χ1n) is 7.93. The molecule has 136 valence electrons. The fourth-order valence-electron chi connectivity index (χ4n) is 2.69. The fourth-order valence-corrected chi connectivity index (χ4v) is 4.30. The van der Waals surface area contributed by atoms with Crippen molar-refractivity contribution in [2.45, 2.75) is 10.9 Å². The third kappa shape index (κ3) is 3.61. The van der Waals surface area contributed by atoms with Crippen LogP contribution in [-0.2, 0) is 13.6 Å². The summed E-state index contributed by atoms with van der Waals surface area (Å²) in [5, 5.41) is 6.35. The van der Waals surface area contributed by atoms with Gasteiger partial charge in [-0.2, -0.15) is 5.10 Å². The highest BCUT2D eigenvalue weighted by atomic mass is 32.2. The lowest BCUT2D eigenvalue weighted by Crippen LogP contribution is -2.11. The number of nitrogens with zero attached hydrogens (tertiary/aromatic N) is 4. The van der Waals surface area contributed by atoms with Gasteiger partial charge in [0.05, 0.1) is 30.3 Å². The normalized spacial score (nSPS) is 11.4.